The first-order valence-electron chi connectivity index (χ1n) is 9.02. The molecule has 0 aromatic carbocycles. The van der Waals surface area contributed by atoms with Crippen LogP contribution in [0.4, 0.5) is 0 Å². The van der Waals surface area contributed by atoms with Crippen molar-refractivity contribution in [2.75, 3.05) is 19.8 Å². The number of fused-ring (bicyclic) bond motifs is 1. The molecule has 0 amide bonds. The van der Waals surface area contributed by atoms with Crippen LogP contribution in [0.15, 0.2) is 29.8 Å². The molecule has 5 nitrogen and oxygen atoms in total. The minimum absolute atomic E-state index is 0.347. The molecular formula is C19H25N3O2S. The van der Waals surface area contributed by atoms with Crippen LogP contribution in [-0.4, -0.2) is 46.8 Å². The number of aryl methyl sites for hydroxylation is 1. The summed E-state index contributed by atoms with van der Waals surface area (Å²) in [5.74, 6) is 0.566. The van der Waals surface area contributed by atoms with Crippen LogP contribution < -0.4 is 0 Å². The fourth-order valence-corrected chi connectivity index (χ4v) is 4.61. The van der Waals surface area contributed by atoms with Crippen LogP contribution >= 0.6 is 11.3 Å². The number of thiazole rings is 1. The van der Waals surface area contributed by atoms with Gasteiger partial charge in [0.15, 0.2) is 0 Å². The molecular weight excluding hydrogens is 334 g/mol. The lowest BCUT2D eigenvalue weighted by Crippen LogP contribution is -2.47. The van der Waals surface area contributed by atoms with Crippen molar-refractivity contribution in [3.63, 3.8) is 0 Å². The molecule has 1 saturated heterocycles. The Morgan fingerprint density at radius 3 is 3.16 bits per heavy atom. The second-order valence-electron chi connectivity index (χ2n) is 7.00. The first kappa shape index (κ1) is 17.1. The molecule has 2 aromatic rings. The van der Waals surface area contributed by atoms with Crippen molar-refractivity contribution in [1.82, 2.24) is 14.9 Å². The average Bonchev–Trinajstić information content (AvgIpc) is 3.25. The van der Waals surface area contributed by atoms with Crippen molar-refractivity contribution < 1.29 is 9.47 Å². The number of rotatable bonds is 6. The van der Waals surface area contributed by atoms with Gasteiger partial charge in [-0.3, -0.25) is 9.88 Å². The number of hydrogen-bond donors (Lipinski definition) is 0. The van der Waals surface area contributed by atoms with E-state index in [0.29, 0.717) is 24.7 Å². The van der Waals surface area contributed by atoms with Crippen molar-refractivity contribution in [3.8, 4) is 0 Å². The largest absolute Gasteiger partial charge is 0.375 e. The summed E-state index contributed by atoms with van der Waals surface area (Å²) in [6.07, 6.45) is 4.49. The van der Waals surface area contributed by atoms with Crippen molar-refractivity contribution in [3.05, 3.63) is 46.2 Å². The molecule has 134 valence electrons. The molecule has 2 aliphatic rings. The fourth-order valence-electron chi connectivity index (χ4n) is 3.97. The van der Waals surface area contributed by atoms with Gasteiger partial charge in [-0.1, -0.05) is 6.07 Å². The highest BCUT2D eigenvalue weighted by atomic mass is 32.1. The SMILES string of the molecule is Cc1cccc(COC[C@@H]2C[C@@H]3OCCN(Cc4nccs4)[C@H]3C2)n1. The van der Waals surface area contributed by atoms with Crippen LogP contribution in [0.3, 0.4) is 0 Å². The lowest BCUT2D eigenvalue weighted by molar-refractivity contribution is -0.0591. The lowest BCUT2D eigenvalue weighted by atomic mass is 10.1. The normalized spacial score (nSPS) is 26.7. The van der Waals surface area contributed by atoms with Gasteiger partial charge in [0, 0.05) is 29.9 Å². The maximum absolute atomic E-state index is 6.04. The highest BCUT2D eigenvalue weighted by molar-refractivity contribution is 7.09. The zero-order valence-corrected chi connectivity index (χ0v) is 15.5. The molecule has 0 bridgehead atoms. The minimum atomic E-state index is 0.347. The number of pyridine rings is 1. The fraction of sp³-hybridized carbons (Fsp3) is 0.579. The van der Waals surface area contributed by atoms with Crippen molar-refractivity contribution in [1.29, 1.82) is 0 Å². The molecule has 0 unspecified atom stereocenters. The summed E-state index contributed by atoms with van der Waals surface area (Å²) in [5.41, 5.74) is 2.05. The molecule has 1 saturated carbocycles. The Bertz CT molecular complexity index is 679. The molecule has 6 heteroatoms. The summed E-state index contributed by atoms with van der Waals surface area (Å²) < 4.78 is 12.0. The number of aromatic nitrogens is 2. The van der Waals surface area contributed by atoms with Gasteiger partial charge in [0.05, 0.1) is 38.2 Å². The van der Waals surface area contributed by atoms with E-state index >= 15 is 0 Å². The first-order chi connectivity index (χ1) is 12.3. The van der Waals surface area contributed by atoms with Crippen molar-refractivity contribution in [2.45, 2.75) is 45.1 Å². The van der Waals surface area contributed by atoms with E-state index in [9.17, 15) is 0 Å². The molecule has 0 N–H and O–H groups in total. The standard InChI is InChI=1S/C19H25N3O2S/c1-14-3-2-4-16(21-14)13-23-12-15-9-17-18(10-15)24-7-6-22(17)11-19-20-5-8-25-19/h2-5,8,15,17-18H,6-7,9-13H2,1H3/t15-,17-,18-/m0/s1. The third-order valence-corrected chi connectivity index (χ3v) is 5.88. The molecule has 3 atom stereocenters. The Morgan fingerprint density at radius 2 is 2.32 bits per heavy atom. The third-order valence-electron chi connectivity index (χ3n) is 5.12. The van der Waals surface area contributed by atoms with Crippen molar-refractivity contribution >= 4 is 11.3 Å². The van der Waals surface area contributed by atoms with Gasteiger partial charge in [-0.05, 0) is 37.8 Å². The van der Waals surface area contributed by atoms with Crippen molar-refractivity contribution in [2.24, 2.45) is 5.92 Å². The second-order valence-corrected chi connectivity index (χ2v) is 7.97. The van der Waals surface area contributed by atoms with Gasteiger partial charge in [0.1, 0.15) is 5.01 Å². The zero-order chi connectivity index (χ0) is 17.1. The molecule has 4 rings (SSSR count). The average molecular weight is 359 g/mol. The summed E-state index contributed by atoms with van der Waals surface area (Å²) in [6.45, 7) is 6.17. The quantitative estimate of drug-likeness (QED) is 0.793. The van der Waals surface area contributed by atoms with E-state index in [1.54, 1.807) is 11.3 Å². The maximum atomic E-state index is 6.04. The van der Waals surface area contributed by atoms with E-state index in [0.717, 1.165) is 50.5 Å². The smallest absolute Gasteiger partial charge is 0.107 e. The van der Waals surface area contributed by atoms with Crippen LogP contribution in [0.2, 0.25) is 0 Å². The Labute approximate surface area is 153 Å². The van der Waals surface area contributed by atoms with Crippen LogP contribution in [0.5, 0.6) is 0 Å². The molecule has 1 aliphatic heterocycles. The summed E-state index contributed by atoms with van der Waals surface area (Å²) in [7, 11) is 0. The zero-order valence-electron chi connectivity index (χ0n) is 14.6. The molecule has 0 radical (unpaired) electrons. The number of nitrogens with zero attached hydrogens (tertiary/aromatic N) is 3. The lowest BCUT2D eigenvalue weighted by Gasteiger charge is -2.37. The Hall–Kier alpha value is -1.34. The summed E-state index contributed by atoms with van der Waals surface area (Å²) >= 11 is 1.74. The van der Waals surface area contributed by atoms with E-state index in [4.69, 9.17) is 9.47 Å². The van der Waals surface area contributed by atoms with Gasteiger partial charge in [-0.25, -0.2) is 4.98 Å². The van der Waals surface area contributed by atoms with Gasteiger partial charge >= 0.3 is 0 Å². The molecule has 1 aliphatic carbocycles. The summed E-state index contributed by atoms with van der Waals surface area (Å²) in [4.78, 5) is 11.5. The first-order valence-corrected chi connectivity index (χ1v) is 9.90. The van der Waals surface area contributed by atoms with Crippen LogP contribution in [-0.2, 0) is 22.6 Å². The van der Waals surface area contributed by atoms with E-state index in [-0.39, 0.29) is 0 Å². The highest BCUT2D eigenvalue weighted by Crippen LogP contribution is 2.35. The van der Waals surface area contributed by atoms with Gasteiger partial charge in [0.2, 0.25) is 0 Å². The third kappa shape index (κ3) is 4.26. The molecule has 0 spiro atoms. The maximum Gasteiger partial charge on any atom is 0.107 e. The number of ether oxygens (including phenoxy) is 2. The van der Waals surface area contributed by atoms with Gasteiger partial charge < -0.3 is 9.47 Å². The van der Waals surface area contributed by atoms with Crippen LogP contribution in [0, 0.1) is 12.8 Å². The molecule has 25 heavy (non-hydrogen) atoms. The second kappa shape index (κ2) is 7.91. The highest BCUT2D eigenvalue weighted by Gasteiger charge is 2.41. The van der Waals surface area contributed by atoms with E-state index < -0.39 is 0 Å². The molecule has 3 heterocycles. The van der Waals surface area contributed by atoms with Gasteiger partial charge in [-0.2, -0.15) is 0 Å². The molecule has 2 fully saturated rings. The Balaban J connectivity index is 1.29. The topological polar surface area (TPSA) is 47.5 Å². The van der Waals surface area contributed by atoms with Gasteiger partial charge in [0.25, 0.3) is 0 Å². The van der Waals surface area contributed by atoms with Crippen LogP contribution in [0.1, 0.15) is 29.2 Å². The summed E-state index contributed by atoms with van der Waals surface area (Å²) in [6, 6.07) is 6.58. The summed E-state index contributed by atoms with van der Waals surface area (Å²) in [5, 5.41) is 3.25. The molecule has 2 aromatic heterocycles. The van der Waals surface area contributed by atoms with E-state index in [1.807, 2.05) is 31.3 Å². The number of hydrogen-bond acceptors (Lipinski definition) is 6. The minimum Gasteiger partial charge on any atom is -0.375 e. The van der Waals surface area contributed by atoms with Gasteiger partial charge in [-0.15, -0.1) is 11.3 Å². The van der Waals surface area contributed by atoms with E-state index in [2.05, 4.69) is 20.2 Å². The monoisotopic (exact) mass is 359 g/mol. The predicted octanol–water partition coefficient (Wildman–Crippen LogP) is 3.04. The number of morpholine rings is 1. The van der Waals surface area contributed by atoms with Crippen LogP contribution in [0.25, 0.3) is 0 Å². The Morgan fingerprint density at radius 1 is 1.36 bits per heavy atom. The predicted molar refractivity (Wildman–Crippen MR) is 97.4 cm³/mol. The Kier molecular flexibility index (Phi) is 5.41. The van der Waals surface area contributed by atoms with E-state index in [1.165, 1.54) is 5.01 Å².